The first kappa shape index (κ1) is 14.2. The molecule has 1 aliphatic rings. The Hall–Kier alpha value is -1.24. The van der Waals surface area contributed by atoms with Crippen molar-refractivity contribution in [2.45, 2.75) is 25.7 Å². The lowest BCUT2D eigenvalue weighted by atomic mass is 9.92. The zero-order chi connectivity index (χ0) is 13.9. The lowest BCUT2D eigenvalue weighted by Gasteiger charge is -2.16. The zero-order valence-electron chi connectivity index (χ0n) is 10.2. The van der Waals surface area contributed by atoms with Gasteiger partial charge in [0.05, 0.1) is 14.9 Å². The molecule has 0 aliphatic heterocycles. The Morgan fingerprint density at radius 3 is 2.42 bits per heavy atom. The van der Waals surface area contributed by atoms with E-state index in [2.05, 4.69) is 29.2 Å². The Balaban J connectivity index is 0.000000232. The van der Waals surface area contributed by atoms with Gasteiger partial charge in [-0.25, -0.2) is 0 Å². The molecular weight excluding hydrogens is 270 g/mol. The van der Waals surface area contributed by atoms with Crippen LogP contribution in [0.15, 0.2) is 30.5 Å². The molecule has 0 atom stereocenters. The number of fused-ring (bicyclic) bond motifs is 3. The molecule has 6 heteroatoms. The van der Waals surface area contributed by atoms with Crippen LogP contribution < -0.4 is 14.0 Å². The van der Waals surface area contributed by atoms with Gasteiger partial charge in [-0.15, -0.1) is 0 Å². The molecule has 0 spiro atoms. The van der Waals surface area contributed by atoms with Crippen molar-refractivity contribution in [1.82, 2.24) is 4.98 Å². The van der Waals surface area contributed by atoms with Crippen LogP contribution >= 0.6 is 0 Å². The summed E-state index contributed by atoms with van der Waals surface area (Å²) in [6.07, 6.45) is 7.02. The van der Waals surface area contributed by atoms with Crippen LogP contribution in [0.5, 0.6) is 0 Å². The van der Waals surface area contributed by atoms with Crippen LogP contribution in [0.2, 0.25) is 0 Å². The molecule has 1 aromatic heterocycles. The van der Waals surface area contributed by atoms with E-state index in [1.807, 2.05) is 6.20 Å². The molecule has 3 rings (SSSR count). The van der Waals surface area contributed by atoms with E-state index >= 15 is 0 Å². The third-order valence-electron chi connectivity index (χ3n) is 3.08. The third kappa shape index (κ3) is 4.12. The zero-order valence-corrected chi connectivity index (χ0v) is 11.0. The number of benzene rings is 1. The van der Waals surface area contributed by atoms with E-state index in [-0.39, 0.29) is 0 Å². The number of pyridine rings is 1. The molecule has 1 heterocycles. The van der Waals surface area contributed by atoms with Crippen LogP contribution in [-0.2, 0) is 12.8 Å². The van der Waals surface area contributed by atoms with Gasteiger partial charge in [0.2, 0.25) is 0 Å². The largest absolute Gasteiger partial charge is 0.260 e. The second-order valence-electron chi connectivity index (χ2n) is 4.37. The number of aryl methyl sites for hydroxylation is 2. The average molecular weight is 284 g/mol. The second-order valence-corrected chi connectivity index (χ2v) is 5.17. The topological polar surface area (TPSA) is 102 Å². The van der Waals surface area contributed by atoms with E-state index in [4.69, 9.17) is 18.6 Å². The number of aromatic nitrogens is 1. The normalized spacial score (nSPS) is 14.5. The molecule has 5 nitrogen and oxygen atoms in total. The highest BCUT2D eigenvalue weighted by molar-refractivity contribution is 5.85. The summed E-state index contributed by atoms with van der Waals surface area (Å²) < 4.78 is 32.7. The minimum Gasteiger partial charge on any atom is -0.260 e. The van der Waals surface area contributed by atoms with E-state index in [0.29, 0.717) is 0 Å². The molecule has 0 radical (unpaired) electrons. The van der Waals surface area contributed by atoms with Gasteiger partial charge in [0.1, 0.15) is 0 Å². The number of rotatable bonds is 0. The molecule has 1 aliphatic carbocycles. The molecule has 0 bridgehead atoms. The SMILES string of the molecule is [O-][Cl+3]([O-])([O-])O.c1ccc2c3c(ncc2c1)CCCC3. The molecule has 0 unspecified atom stereocenters. The molecular formula is C13H14ClNO4. The van der Waals surface area contributed by atoms with E-state index in [9.17, 15) is 0 Å². The van der Waals surface area contributed by atoms with Gasteiger partial charge in [-0.1, -0.05) is 24.3 Å². The second kappa shape index (κ2) is 5.81. The van der Waals surface area contributed by atoms with E-state index in [1.54, 1.807) is 0 Å². The number of hydrogen-bond donors (Lipinski definition) is 1. The Bertz CT molecular complexity index is 562. The summed E-state index contributed by atoms with van der Waals surface area (Å²) >= 11 is 0. The first-order valence-corrected chi connectivity index (χ1v) is 7.20. The van der Waals surface area contributed by atoms with Crippen LogP contribution in [0.25, 0.3) is 10.8 Å². The third-order valence-corrected chi connectivity index (χ3v) is 3.08. The summed E-state index contributed by atoms with van der Waals surface area (Å²) in [5.41, 5.74) is 2.82. The van der Waals surface area contributed by atoms with Crippen LogP contribution in [-0.4, -0.2) is 9.64 Å². The summed E-state index contributed by atoms with van der Waals surface area (Å²) in [4.78, 5) is 4.55. The molecule has 102 valence electrons. The highest BCUT2D eigenvalue weighted by Crippen LogP contribution is 2.26. The van der Waals surface area contributed by atoms with Crippen molar-refractivity contribution in [2.75, 3.05) is 0 Å². The first-order chi connectivity index (χ1) is 8.95. The van der Waals surface area contributed by atoms with Crippen molar-refractivity contribution in [2.24, 2.45) is 0 Å². The quantitative estimate of drug-likeness (QED) is 0.667. The lowest BCUT2D eigenvalue weighted by molar-refractivity contribution is -1.92. The van der Waals surface area contributed by atoms with E-state index in [0.717, 1.165) is 0 Å². The summed E-state index contributed by atoms with van der Waals surface area (Å²) in [6.45, 7) is 0. The molecule has 0 amide bonds. The van der Waals surface area contributed by atoms with E-state index < -0.39 is 10.2 Å². The minimum atomic E-state index is -4.69. The smallest absolute Gasteiger partial charge is 0.0777 e. The predicted molar refractivity (Wildman–Crippen MR) is 60.6 cm³/mol. The molecule has 0 saturated carbocycles. The molecule has 0 saturated heterocycles. The Labute approximate surface area is 112 Å². The Kier molecular flexibility index (Phi) is 4.34. The molecule has 1 aromatic carbocycles. The van der Waals surface area contributed by atoms with Gasteiger partial charge in [-0.3, -0.25) is 4.98 Å². The van der Waals surface area contributed by atoms with Crippen molar-refractivity contribution in [1.29, 1.82) is 0 Å². The molecule has 0 fully saturated rings. The maximum atomic E-state index is 8.60. The maximum absolute atomic E-state index is 8.60. The lowest BCUT2D eigenvalue weighted by Crippen LogP contribution is -2.58. The Morgan fingerprint density at radius 2 is 1.68 bits per heavy atom. The number of hydrogen-bond acceptors (Lipinski definition) is 5. The van der Waals surface area contributed by atoms with Crippen molar-refractivity contribution < 1.29 is 28.9 Å². The monoisotopic (exact) mass is 283 g/mol. The van der Waals surface area contributed by atoms with Crippen LogP contribution in [0.4, 0.5) is 0 Å². The van der Waals surface area contributed by atoms with Gasteiger partial charge in [-0.05, 0) is 36.6 Å². The maximum Gasteiger partial charge on any atom is 0.0777 e. The van der Waals surface area contributed by atoms with Gasteiger partial charge < -0.3 is 0 Å². The molecule has 1 N–H and O–H groups in total. The van der Waals surface area contributed by atoms with Crippen LogP contribution in [0, 0.1) is 10.2 Å². The predicted octanol–water partition coefficient (Wildman–Crippen LogP) is -1.01. The fraction of sp³-hybridized carbons (Fsp3) is 0.308. The number of nitrogens with zero attached hydrogens (tertiary/aromatic N) is 1. The highest BCUT2D eigenvalue weighted by atomic mass is 35.7. The first-order valence-electron chi connectivity index (χ1n) is 5.94. The van der Waals surface area contributed by atoms with Crippen molar-refractivity contribution in [3.05, 3.63) is 41.7 Å². The Morgan fingerprint density at radius 1 is 1.05 bits per heavy atom. The van der Waals surface area contributed by atoms with Gasteiger partial charge in [0, 0.05) is 17.3 Å². The van der Waals surface area contributed by atoms with Gasteiger partial charge in [0.25, 0.3) is 0 Å². The van der Waals surface area contributed by atoms with E-state index in [1.165, 1.54) is 47.7 Å². The fourth-order valence-corrected chi connectivity index (χ4v) is 2.35. The molecule has 19 heavy (non-hydrogen) atoms. The summed E-state index contributed by atoms with van der Waals surface area (Å²) in [7, 11) is -4.69. The summed E-state index contributed by atoms with van der Waals surface area (Å²) in [5.74, 6) is 0. The summed E-state index contributed by atoms with van der Waals surface area (Å²) in [5, 5.41) is 2.70. The minimum absolute atomic E-state index is 1.17. The van der Waals surface area contributed by atoms with Crippen molar-refractivity contribution in [3.63, 3.8) is 0 Å². The highest BCUT2D eigenvalue weighted by Gasteiger charge is 2.12. The van der Waals surface area contributed by atoms with Crippen molar-refractivity contribution in [3.8, 4) is 0 Å². The fourth-order valence-electron chi connectivity index (χ4n) is 2.35. The standard InChI is InChI=1S/C13H13N.ClHO4/c1-2-6-11-10(5-1)9-14-13-8-4-3-7-12(11)13;2-1(3,4)5/h1-2,5-6,9H,3-4,7-8H2;(H,2,3,4,5). The van der Waals surface area contributed by atoms with Gasteiger partial charge >= 0.3 is 0 Å². The summed E-state index contributed by atoms with van der Waals surface area (Å²) in [6, 6.07) is 8.58. The average Bonchev–Trinajstić information content (AvgIpc) is 2.37. The van der Waals surface area contributed by atoms with Crippen LogP contribution in [0.3, 0.4) is 0 Å². The number of halogens is 1. The van der Waals surface area contributed by atoms with Gasteiger partial charge in [0.15, 0.2) is 0 Å². The van der Waals surface area contributed by atoms with Crippen LogP contribution in [0.1, 0.15) is 24.1 Å². The molecule has 2 aromatic rings. The van der Waals surface area contributed by atoms with Gasteiger partial charge in [-0.2, -0.15) is 14.0 Å². The van der Waals surface area contributed by atoms with Crippen molar-refractivity contribution >= 4 is 10.8 Å².